The number of aryl methyl sites for hydroxylation is 1. The zero-order valence-electron chi connectivity index (χ0n) is 6.42. The number of hydrogen-bond donors (Lipinski definition) is 1. The number of nitrogens with zero attached hydrogens (tertiary/aromatic N) is 1. The van der Waals surface area contributed by atoms with Crippen LogP contribution in [0.25, 0.3) is 0 Å². The molecule has 1 aromatic heterocycles. The highest BCUT2D eigenvalue weighted by Crippen LogP contribution is 2.00. The van der Waals surface area contributed by atoms with E-state index in [2.05, 4.69) is 16.8 Å². The van der Waals surface area contributed by atoms with Crippen molar-refractivity contribution < 1.29 is 4.79 Å². The van der Waals surface area contributed by atoms with Gasteiger partial charge in [-0.1, -0.05) is 13.5 Å². The monoisotopic (exact) mass is 150 g/mol. The lowest BCUT2D eigenvalue weighted by molar-refractivity contribution is 0.104. The summed E-state index contributed by atoms with van der Waals surface area (Å²) in [4.78, 5) is 10.9. The summed E-state index contributed by atoms with van der Waals surface area (Å²) >= 11 is 0. The van der Waals surface area contributed by atoms with Crippen molar-refractivity contribution in [3.63, 3.8) is 0 Å². The first-order valence-electron chi connectivity index (χ1n) is 3.49. The number of hydrogen-bond acceptors (Lipinski definition) is 2. The maximum Gasteiger partial charge on any atom is 0.205 e. The molecule has 0 spiro atoms. The van der Waals surface area contributed by atoms with E-state index in [1.54, 1.807) is 6.07 Å². The van der Waals surface area contributed by atoms with Crippen molar-refractivity contribution >= 4 is 5.78 Å². The zero-order valence-corrected chi connectivity index (χ0v) is 6.42. The topological polar surface area (TPSA) is 45.8 Å². The highest BCUT2D eigenvalue weighted by molar-refractivity contribution is 6.02. The van der Waals surface area contributed by atoms with Crippen molar-refractivity contribution in [2.75, 3.05) is 0 Å². The Morgan fingerprint density at radius 3 is 3.09 bits per heavy atom. The predicted octanol–water partition coefficient (Wildman–Crippen LogP) is 1.34. The second-order valence-corrected chi connectivity index (χ2v) is 2.20. The fraction of sp³-hybridized carbons (Fsp3) is 0.250. The summed E-state index contributed by atoms with van der Waals surface area (Å²) in [6, 6.07) is 1.74. The Balaban J connectivity index is 2.88. The summed E-state index contributed by atoms with van der Waals surface area (Å²) < 4.78 is 0. The normalized spacial score (nSPS) is 9.55. The van der Waals surface area contributed by atoms with Crippen molar-refractivity contribution in [3.8, 4) is 0 Å². The molecule has 0 aromatic carbocycles. The first-order valence-corrected chi connectivity index (χ1v) is 3.49. The molecule has 58 valence electrons. The number of aromatic amines is 1. The van der Waals surface area contributed by atoms with Gasteiger partial charge in [0.25, 0.3) is 0 Å². The number of ketones is 1. The lowest BCUT2D eigenvalue weighted by atomic mass is 10.2. The van der Waals surface area contributed by atoms with Crippen molar-refractivity contribution in [3.05, 3.63) is 30.1 Å². The van der Waals surface area contributed by atoms with Gasteiger partial charge in [0.05, 0.1) is 0 Å². The smallest absolute Gasteiger partial charge is 0.205 e. The molecule has 0 amide bonds. The van der Waals surface area contributed by atoms with Gasteiger partial charge in [0.2, 0.25) is 5.78 Å². The summed E-state index contributed by atoms with van der Waals surface area (Å²) in [5, 5.41) is 6.56. The summed E-state index contributed by atoms with van der Waals surface area (Å²) in [5.41, 5.74) is 1.41. The van der Waals surface area contributed by atoms with Crippen molar-refractivity contribution in [1.82, 2.24) is 10.2 Å². The van der Waals surface area contributed by atoms with Crippen LogP contribution in [-0.2, 0) is 6.42 Å². The lowest BCUT2D eigenvalue weighted by Crippen LogP contribution is -1.92. The highest BCUT2D eigenvalue weighted by atomic mass is 16.1. The standard InChI is InChI=1S/C8H10N2O/c1-3-6-5-7(10-9-6)8(11)4-2/h4-5H,2-3H2,1H3,(H,9,10). The summed E-state index contributed by atoms with van der Waals surface area (Å²) in [6.07, 6.45) is 2.12. The van der Waals surface area contributed by atoms with Crippen molar-refractivity contribution in [2.45, 2.75) is 13.3 Å². The molecule has 0 saturated carbocycles. The van der Waals surface area contributed by atoms with Crippen LogP contribution in [0, 0.1) is 0 Å². The van der Waals surface area contributed by atoms with Crippen LogP contribution >= 0.6 is 0 Å². The van der Waals surface area contributed by atoms with E-state index < -0.39 is 0 Å². The van der Waals surface area contributed by atoms with Crippen molar-refractivity contribution in [2.24, 2.45) is 0 Å². The highest BCUT2D eigenvalue weighted by Gasteiger charge is 2.04. The first-order chi connectivity index (χ1) is 5.27. The predicted molar refractivity (Wildman–Crippen MR) is 42.5 cm³/mol. The lowest BCUT2D eigenvalue weighted by Gasteiger charge is -1.82. The molecular weight excluding hydrogens is 140 g/mol. The molecule has 0 aliphatic carbocycles. The number of carbonyl (C=O) groups excluding carboxylic acids is 1. The molecule has 0 unspecified atom stereocenters. The molecule has 1 rings (SSSR count). The molecule has 0 fully saturated rings. The maximum absolute atomic E-state index is 10.9. The number of aromatic nitrogens is 2. The van der Waals surface area contributed by atoms with Crippen LogP contribution in [-0.4, -0.2) is 16.0 Å². The summed E-state index contributed by atoms with van der Waals surface area (Å²) in [7, 11) is 0. The molecule has 1 aromatic rings. The van der Waals surface area contributed by atoms with E-state index in [-0.39, 0.29) is 5.78 Å². The van der Waals surface area contributed by atoms with Crippen LogP contribution < -0.4 is 0 Å². The molecule has 0 atom stereocenters. The molecule has 0 aliphatic rings. The Bertz CT molecular complexity index is 275. The third-order valence-corrected chi connectivity index (χ3v) is 1.45. The minimum atomic E-state index is -0.138. The van der Waals surface area contributed by atoms with Crippen LogP contribution in [0.3, 0.4) is 0 Å². The van der Waals surface area contributed by atoms with Gasteiger partial charge in [-0.3, -0.25) is 9.89 Å². The molecule has 11 heavy (non-hydrogen) atoms. The van der Waals surface area contributed by atoms with E-state index in [9.17, 15) is 4.79 Å². The van der Waals surface area contributed by atoms with E-state index in [4.69, 9.17) is 0 Å². The van der Waals surface area contributed by atoms with Crippen LogP contribution in [0.15, 0.2) is 18.7 Å². The van der Waals surface area contributed by atoms with E-state index in [0.29, 0.717) is 5.69 Å². The molecule has 1 heterocycles. The van der Waals surface area contributed by atoms with Crippen molar-refractivity contribution in [1.29, 1.82) is 0 Å². The van der Waals surface area contributed by atoms with E-state index in [1.807, 2.05) is 6.92 Å². The average Bonchev–Trinajstić information content (AvgIpc) is 2.50. The quantitative estimate of drug-likeness (QED) is 0.522. The van der Waals surface area contributed by atoms with Gasteiger partial charge in [0.1, 0.15) is 5.69 Å². The van der Waals surface area contributed by atoms with E-state index in [0.717, 1.165) is 12.1 Å². The molecular formula is C8H10N2O. The van der Waals surface area contributed by atoms with Gasteiger partial charge in [0.15, 0.2) is 0 Å². The van der Waals surface area contributed by atoms with Gasteiger partial charge in [-0.05, 0) is 18.6 Å². The SMILES string of the molecule is C=CC(=O)c1cc(CC)[nH]n1. The summed E-state index contributed by atoms with van der Waals surface area (Å²) in [5.74, 6) is -0.138. The van der Waals surface area contributed by atoms with Gasteiger partial charge in [0, 0.05) is 5.69 Å². The van der Waals surface area contributed by atoms with Crippen LogP contribution in [0.1, 0.15) is 23.1 Å². The van der Waals surface area contributed by atoms with Crippen LogP contribution in [0.2, 0.25) is 0 Å². The molecule has 1 N–H and O–H groups in total. The minimum absolute atomic E-state index is 0.138. The fourth-order valence-corrected chi connectivity index (χ4v) is 0.774. The number of carbonyl (C=O) groups is 1. The second kappa shape index (κ2) is 3.14. The van der Waals surface area contributed by atoms with Gasteiger partial charge in [-0.15, -0.1) is 0 Å². The van der Waals surface area contributed by atoms with E-state index >= 15 is 0 Å². The van der Waals surface area contributed by atoms with Gasteiger partial charge < -0.3 is 0 Å². The van der Waals surface area contributed by atoms with E-state index in [1.165, 1.54) is 6.08 Å². The molecule has 0 aliphatic heterocycles. The molecule has 0 saturated heterocycles. The minimum Gasteiger partial charge on any atom is -0.287 e. The average molecular weight is 150 g/mol. The Morgan fingerprint density at radius 2 is 2.64 bits per heavy atom. The summed E-state index contributed by atoms with van der Waals surface area (Å²) in [6.45, 7) is 5.36. The molecule has 0 bridgehead atoms. The first kappa shape index (κ1) is 7.72. The third-order valence-electron chi connectivity index (χ3n) is 1.45. The van der Waals surface area contributed by atoms with Gasteiger partial charge >= 0.3 is 0 Å². The molecule has 0 radical (unpaired) electrons. The maximum atomic E-state index is 10.9. The fourth-order valence-electron chi connectivity index (χ4n) is 0.774. The number of rotatable bonds is 3. The Labute approximate surface area is 65.1 Å². The Kier molecular flexibility index (Phi) is 2.21. The number of H-pyrrole nitrogens is 1. The van der Waals surface area contributed by atoms with Gasteiger partial charge in [-0.2, -0.15) is 5.10 Å². The molecule has 3 heteroatoms. The molecule has 3 nitrogen and oxygen atoms in total. The Hall–Kier alpha value is -1.38. The largest absolute Gasteiger partial charge is 0.287 e. The zero-order chi connectivity index (χ0) is 8.27. The Morgan fingerprint density at radius 1 is 1.91 bits per heavy atom. The van der Waals surface area contributed by atoms with Crippen LogP contribution in [0.5, 0.6) is 0 Å². The number of nitrogens with one attached hydrogen (secondary N) is 1. The van der Waals surface area contributed by atoms with Crippen LogP contribution in [0.4, 0.5) is 0 Å². The van der Waals surface area contributed by atoms with Gasteiger partial charge in [-0.25, -0.2) is 0 Å². The third kappa shape index (κ3) is 1.55. The second-order valence-electron chi connectivity index (χ2n) is 2.20. The number of allylic oxidation sites excluding steroid dienone is 1.